The van der Waals surface area contributed by atoms with Gasteiger partial charge in [0.15, 0.2) is 0 Å². The van der Waals surface area contributed by atoms with Crippen molar-refractivity contribution in [1.82, 2.24) is 5.32 Å². The summed E-state index contributed by atoms with van der Waals surface area (Å²) in [5.41, 5.74) is 2.77. The van der Waals surface area contributed by atoms with Crippen molar-refractivity contribution in [1.29, 1.82) is 0 Å². The summed E-state index contributed by atoms with van der Waals surface area (Å²) in [7, 11) is -2.31. The maximum absolute atomic E-state index is 13.0. The van der Waals surface area contributed by atoms with Crippen molar-refractivity contribution in [2.75, 3.05) is 17.9 Å². The highest BCUT2D eigenvalue weighted by Gasteiger charge is 2.22. The lowest BCUT2D eigenvalue weighted by molar-refractivity contribution is 0.0953. The molecule has 0 atom stereocenters. The Kier molecular flexibility index (Phi) is 7.07. The summed E-state index contributed by atoms with van der Waals surface area (Å²) in [6.07, 6.45) is 1.39. The number of carbonyl (C=O) groups is 1. The first-order valence-corrected chi connectivity index (χ1v) is 11.4. The molecule has 0 saturated heterocycles. The van der Waals surface area contributed by atoms with Crippen LogP contribution < -0.4 is 9.62 Å². The normalized spacial score (nSPS) is 11.2. The van der Waals surface area contributed by atoms with E-state index in [-0.39, 0.29) is 22.2 Å². The highest BCUT2D eigenvalue weighted by molar-refractivity contribution is 7.92. The Hall–Kier alpha value is -3.19. The summed E-state index contributed by atoms with van der Waals surface area (Å²) in [5, 5.41) is 2.81. The molecule has 0 saturated carbocycles. The van der Waals surface area contributed by atoms with Crippen molar-refractivity contribution in [3.63, 3.8) is 0 Å². The minimum absolute atomic E-state index is 0.0514. The summed E-state index contributed by atoms with van der Waals surface area (Å²) < 4.78 is 40.2. The van der Waals surface area contributed by atoms with Gasteiger partial charge in [0.25, 0.3) is 15.9 Å². The molecule has 0 aliphatic carbocycles. The Morgan fingerprint density at radius 1 is 1.00 bits per heavy atom. The number of nitrogens with zero attached hydrogens (tertiary/aromatic N) is 1. The molecule has 0 fully saturated rings. The van der Waals surface area contributed by atoms with Crippen LogP contribution >= 0.6 is 0 Å². The summed E-state index contributed by atoms with van der Waals surface area (Å²) in [4.78, 5) is 12.5. The van der Waals surface area contributed by atoms with E-state index in [9.17, 15) is 17.6 Å². The molecule has 1 N–H and O–H groups in total. The fourth-order valence-electron chi connectivity index (χ4n) is 3.17. The van der Waals surface area contributed by atoms with Gasteiger partial charge in [0.05, 0.1) is 10.6 Å². The first-order chi connectivity index (χ1) is 14.8. The molecule has 3 rings (SSSR count). The number of rotatable bonds is 8. The van der Waals surface area contributed by atoms with Gasteiger partial charge < -0.3 is 5.32 Å². The van der Waals surface area contributed by atoms with E-state index in [1.165, 1.54) is 35.6 Å². The van der Waals surface area contributed by atoms with Crippen molar-refractivity contribution in [2.24, 2.45) is 0 Å². The topological polar surface area (TPSA) is 66.5 Å². The van der Waals surface area contributed by atoms with E-state index < -0.39 is 10.0 Å². The molecule has 0 radical (unpaired) electrons. The van der Waals surface area contributed by atoms with Gasteiger partial charge in [0.1, 0.15) is 5.82 Å². The number of benzene rings is 3. The molecule has 1 amide bonds. The highest BCUT2D eigenvalue weighted by atomic mass is 32.2. The zero-order valence-corrected chi connectivity index (χ0v) is 18.3. The van der Waals surface area contributed by atoms with Crippen molar-refractivity contribution >= 4 is 21.6 Å². The molecule has 3 aromatic carbocycles. The number of hydrogen-bond acceptors (Lipinski definition) is 3. The Labute approximate surface area is 182 Å². The second kappa shape index (κ2) is 9.75. The average molecular weight is 441 g/mol. The van der Waals surface area contributed by atoms with Crippen LogP contribution in [0.2, 0.25) is 0 Å². The fourth-order valence-corrected chi connectivity index (χ4v) is 4.40. The van der Waals surface area contributed by atoms with Gasteiger partial charge in [0.2, 0.25) is 0 Å². The van der Waals surface area contributed by atoms with E-state index in [4.69, 9.17) is 0 Å². The van der Waals surface area contributed by atoms with Gasteiger partial charge in [-0.1, -0.05) is 30.3 Å². The molecule has 0 heterocycles. The number of nitrogens with one attached hydrogen (secondary N) is 1. The zero-order valence-electron chi connectivity index (χ0n) is 17.5. The molecule has 31 heavy (non-hydrogen) atoms. The molecule has 0 aliphatic rings. The minimum Gasteiger partial charge on any atom is -0.352 e. The lowest BCUT2D eigenvalue weighted by Gasteiger charge is -2.20. The number of hydrogen-bond donors (Lipinski definition) is 1. The third-order valence-electron chi connectivity index (χ3n) is 4.96. The zero-order chi connectivity index (χ0) is 22.4. The predicted octanol–water partition coefficient (Wildman–Crippen LogP) is 4.32. The van der Waals surface area contributed by atoms with Crippen LogP contribution in [0.4, 0.5) is 10.1 Å². The second-order valence-electron chi connectivity index (χ2n) is 7.33. The van der Waals surface area contributed by atoms with Crippen LogP contribution in [0.15, 0.2) is 77.7 Å². The van der Waals surface area contributed by atoms with E-state index in [2.05, 4.69) is 5.32 Å². The van der Waals surface area contributed by atoms with Gasteiger partial charge in [-0.15, -0.1) is 0 Å². The number of aryl methyl sites for hydroxylation is 2. The number of anilines is 1. The molecule has 0 aromatic heterocycles. The number of amides is 1. The molecular weight excluding hydrogens is 415 g/mol. The Morgan fingerprint density at radius 2 is 1.71 bits per heavy atom. The third-order valence-corrected chi connectivity index (χ3v) is 6.74. The van der Waals surface area contributed by atoms with Gasteiger partial charge >= 0.3 is 0 Å². The molecule has 0 spiro atoms. The van der Waals surface area contributed by atoms with Crippen LogP contribution in [0, 0.1) is 12.7 Å². The van der Waals surface area contributed by atoms with Crippen molar-refractivity contribution in [3.8, 4) is 0 Å². The standard InChI is InChI=1S/C24H25FN2O3S/c1-18-6-3-9-22(16-18)27(2)31(29,30)23-10-4-8-20(17-23)24(28)26-15-5-7-19-11-13-21(25)14-12-19/h3-4,6,8-14,16-17H,5,7,15H2,1-2H3,(H,26,28). The summed E-state index contributed by atoms with van der Waals surface area (Å²) in [6, 6.07) is 19.5. The van der Waals surface area contributed by atoms with E-state index in [0.29, 0.717) is 25.1 Å². The molecule has 0 unspecified atom stereocenters. The van der Waals surface area contributed by atoms with Crippen LogP contribution in [0.5, 0.6) is 0 Å². The Morgan fingerprint density at radius 3 is 2.42 bits per heavy atom. The highest BCUT2D eigenvalue weighted by Crippen LogP contribution is 2.23. The van der Waals surface area contributed by atoms with E-state index in [0.717, 1.165) is 11.1 Å². The van der Waals surface area contributed by atoms with Crippen LogP contribution in [0.3, 0.4) is 0 Å². The van der Waals surface area contributed by atoms with Crippen molar-refractivity contribution in [2.45, 2.75) is 24.7 Å². The molecule has 0 bridgehead atoms. The van der Waals surface area contributed by atoms with E-state index >= 15 is 0 Å². The van der Waals surface area contributed by atoms with Crippen LogP contribution in [-0.2, 0) is 16.4 Å². The number of carbonyl (C=O) groups excluding carboxylic acids is 1. The molecular formula is C24H25FN2O3S. The van der Waals surface area contributed by atoms with Gasteiger partial charge in [-0.2, -0.15) is 0 Å². The molecule has 7 heteroatoms. The predicted molar refractivity (Wildman–Crippen MR) is 120 cm³/mol. The number of halogens is 1. The molecule has 0 aliphatic heterocycles. The van der Waals surface area contributed by atoms with E-state index in [1.54, 1.807) is 42.5 Å². The molecule has 5 nitrogen and oxygen atoms in total. The minimum atomic E-state index is -3.81. The van der Waals surface area contributed by atoms with Crippen LogP contribution in [0.1, 0.15) is 27.9 Å². The quantitative estimate of drug-likeness (QED) is 0.531. The summed E-state index contributed by atoms with van der Waals surface area (Å²) in [6.45, 7) is 2.32. The summed E-state index contributed by atoms with van der Waals surface area (Å²) >= 11 is 0. The lowest BCUT2D eigenvalue weighted by Crippen LogP contribution is -2.28. The van der Waals surface area contributed by atoms with Crippen LogP contribution in [-0.4, -0.2) is 27.9 Å². The second-order valence-corrected chi connectivity index (χ2v) is 9.29. The van der Waals surface area contributed by atoms with Crippen molar-refractivity contribution < 1.29 is 17.6 Å². The fraction of sp³-hybridized carbons (Fsp3) is 0.208. The SMILES string of the molecule is Cc1cccc(N(C)S(=O)(=O)c2cccc(C(=O)NCCCc3ccc(F)cc3)c2)c1. The van der Waals surface area contributed by atoms with Gasteiger partial charge in [-0.05, 0) is 73.4 Å². The monoisotopic (exact) mass is 440 g/mol. The lowest BCUT2D eigenvalue weighted by atomic mass is 10.1. The molecule has 162 valence electrons. The Bertz CT molecular complexity index is 1160. The molecule has 3 aromatic rings. The maximum Gasteiger partial charge on any atom is 0.264 e. The van der Waals surface area contributed by atoms with Crippen molar-refractivity contribution in [3.05, 3.63) is 95.3 Å². The number of sulfonamides is 1. The first-order valence-electron chi connectivity index (χ1n) is 9.96. The first kappa shape index (κ1) is 22.5. The maximum atomic E-state index is 13.0. The van der Waals surface area contributed by atoms with Gasteiger partial charge in [0, 0.05) is 19.2 Å². The summed E-state index contributed by atoms with van der Waals surface area (Å²) in [5.74, 6) is -0.616. The Balaban J connectivity index is 1.64. The smallest absolute Gasteiger partial charge is 0.264 e. The van der Waals surface area contributed by atoms with Crippen LogP contribution in [0.25, 0.3) is 0 Å². The van der Waals surface area contributed by atoms with Gasteiger partial charge in [-0.25, -0.2) is 12.8 Å². The van der Waals surface area contributed by atoms with Gasteiger partial charge in [-0.3, -0.25) is 9.10 Å². The average Bonchev–Trinajstić information content (AvgIpc) is 2.77. The third kappa shape index (κ3) is 5.70. The van der Waals surface area contributed by atoms with E-state index in [1.807, 2.05) is 13.0 Å². The largest absolute Gasteiger partial charge is 0.352 e.